The molecule has 0 radical (unpaired) electrons. The van der Waals surface area contributed by atoms with Gasteiger partial charge in [-0.1, -0.05) is 25.7 Å². The first-order chi connectivity index (χ1) is 12.6. The van der Waals surface area contributed by atoms with Crippen molar-refractivity contribution in [3.05, 3.63) is 0 Å². The van der Waals surface area contributed by atoms with E-state index in [0.29, 0.717) is 0 Å². The zero-order valence-electron chi connectivity index (χ0n) is 17.5. The minimum Gasteiger partial charge on any atom is -0.297 e. The van der Waals surface area contributed by atoms with Crippen LogP contribution in [-0.2, 0) is 0 Å². The zero-order valence-corrected chi connectivity index (χ0v) is 17.5. The number of likely N-dealkylation sites (N-methyl/N-ethyl adjacent to an activating group) is 4. The van der Waals surface area contributed by atoms with Crippen molar-refractivity contribution in [2.24, 2.45) is 0 Å². The van der Waals surface area contributed by atoms with Crippen LogP contribution < -0.4 is 0 Å². The van der Waals surface area contributed by atoms with E-state index < -0.39 is 0 Å². The summed E-state index contributed by atoms with van der Waals surface area (Å²) in [5.74, 6) is 0. The lowest BCUT2D eigenvalue weighted by molar-refractivity contribution is -0.135. The van der Waals surface area contributed by atoms with Crippen LogP contribution in [0.2, 0.25) is 0 Å². The number of piperazine rings is 2. The van der Waals surface area contributed by atoms with Gasteiger partial charge in [0, 0.05) is 48.3 Å². The topological polar surface area (TPSA) is 13.0 Å². The van der Waals surface area contributed by atoms with Crippen molar-refractivity contribution in [2.75, 3.05) is 28.2 Å². The van der Waals surface area contributed by atoms with Gasteiger partial charge in [0.1, 0.15) is 0 Å². The van der Waals surface area contributed by atoms with Crippen molar-refractivity contribution in [1.29, 1.82) is 0 Å². The Bertz CT molecular complexity index is 434. The third kappa shape index (κ3) is 2.55. The van der Waals surface area contributed by atoms with Crippen molar-refractivity contribution in [3.63, 3.8) is 0 Å². The molecule has 8 unspecified atom stereocenters. The van der Waals surface area contributed by atoms with Gasteiger partial charge in [-0.15, -0.1) is 0 Å². The number of nitrogens with zero attached hydrogens (tertiary/aromatic N) is 4. The number of rotatable bonds is 0. The fraction of sp³-hybridized carbons (Fsp3) is 1.00. The molecule has 5 fully saturated rings. The van der Waals surface area contributed by atoms with Gasteiger partial charge in [-0.2, -0.15) is 0 Å². The molecule has 3 aliphatic carbocycles. The number of hydrogen-bond donors (Lipinski definition) is 0. The van der Waals surface area contributed by atoms with Gasteiger partial charge in [-0.05, 0) is 66.7 Å². The Morgan fingerprint density at radius 3 is 0.846 bits per heavy atom. The van der Waals surface area contributed by atoms with E-state index in [-0.39, 0.29) is 0 Å². The predicted molar refractivity (Wildman–Crippen MR) is 108 cm³/mol. The summed E-state index contributed by atoms with van der Waals surface area (Å²) in [7, 11) is 9.85. The van der Waals surface area contributed by atoms with Crippen LogP contribution in [0.15, 0.2) is 0 Å². The van der Waals surface area contributed by atoms with Gasteiger partial charge >= 0.3 is 0 Å². The minimum absolute atomic E-state index is 0.761. The molecule has 2 saturated heterocycles. The molecule has 2 aliphatic heterocycles. The molecular weight excluding hydrogens is 320 g/mol. The third-order valence-electron chi connectivity index (χ3n) is 9.43. The fourth-order valence-corrected chi connectivity index (χ4v) is 7.94. The lowest BCUT2D eigenvalue weighted by atomic mass is 9.71. The van der Waals surface area contributed by atoms with Crippen LogP contribution in [0.1, 0.15) is 64.2 Å². The summed E-state index contributed by atoms with van der Waals surface area (Å²) in [4.78, 5) is 11.4. The van der Waals surface area contributed by atoms with Crippen molar-refractivity contribution in [3.8, 4) is 0 Å². The van der Waals surface area contributed by atoms with E-state index in [1.807, 2.05) is 0 Å². The van der Waals surface area contributed by atoms with Crippen LogP contribution >= 0.6 is 0 Å². The second-order valence-electron chi connectivity index (χ2n) is 10.2. The monoisotopic (exact) mass is 360 g/mol. The summed E-state index contributed by atoms with van der Waals surface area (Å²) >= 11 is 0. The highest BCUT2D eigenvalue weighted by Crippen LogP contribution is 2.44. The predicted octanol–water partition coefficient (Wildman–Crippen LogP) is 2.63. The summed E-state index contributed by atoms with van der Waals surface area (Å²) in [6.45, 7) is 0. The molecule has 4 nitrogen and oxygen atoms in total. The largest absolute Gasteiger partial charge is 0.297 e. The SMILES string of the molecule is CN1C2CCCCC2N(C)C2CC3C(CC21)N(C)C1CCCCC1N3C. The zero-order chi connectivity index (χ0) is 18.0. The first kappa shape index (κ1) is 17.9. The minimum atomic E-state index is 0.761. The molecule has 5 rings (SSSR count). The second kappa shape index (κ2) is 6.72. The molecule has 3 saturated carbocycles. The van der Waals surface area contributed by atoms with E-state index >= 15 is 0 Å². The van der Waals surface area contributed by atoms with Crippen molar-refractivity contribution in [1.82, 2.24) is 19.6 Å². The van der Waals surface area contributed by atoms with E-state index in [2.05, 4.69) is 47.8 Å². The van der Waals surface area contributed by atoms with Crippen molar-refractivity contribution in [2.45, 2.75) is 113 Å². The van der Waals surface area contributed by atoms with Crippen LogP contribution in [0, 0.1) is 0 Å². The van der Waals surface area contributed by atoms with E-state index in [1.54, 1.807) is 0 Å². The summed E-state index contributed by atoms with van der Waals surface area (Å²) in [5, 5.41) is 0. The molecule has 0 N–H and O–H groups in total. The summed E-state index contributed by atoms with van der Waals surface area (Å²) in [6.07, 6.45) is 14.2. The molecular formula is C22H40N4. The molecule has 8 atom stereocenters. The first-order valence-corrected chi connectivity index (χ1v) is 11.5. The van der Waals surface area contributed by atoms with Gasteiger partial charge in [-0.25, -0.2) is 0 Å². The Kier molecular flexibility index (Phi) is 4.63. The van der Waals surface area contributed by atoms with Gasteiger partial charge in [0.2, 0.25) is 0 Å². The van der Waals surface area contributed by atoms with Crippen LogP contribution in [-0.4, -0.2) is 96.1 Å². The van der Waals surface area contributed by atoms with Crippen LogP contribution in [0.4, 0.5) is 0 Å². The van der Waals surface area contributed by atoms with E-state index in [0.717, 1.165) is 48.3 Å². The van der Waals surface area contributed by atoms with Gasteiger partial charge in [-0.3, -0.25) is 19.6 Å². The quantitative estimate of drug-likeness (QED) is 0.658. The van der Waals surface area contributed by atoms with Gasteiger partial charge < -0.3 is 0 Å². The van der Waals surface area contributed by atoms with E-state index in [1.165, 1.54) is 64.2 Å². The molecule has 0 bridgehead atoms. The van der Waals surface area contributed by atoms with Crippen molar-refractivity contribution >= 4 is 0 Å². The number of hydrogen-bond acceptors (Lipinski definition) is 4. The van der Waals surface area contributed by atoms with Crippen LogP contribution in [0.5, 0.6) is 0 Å². The number of fused-ring (bicyclic) bond motifs is 4. The molecule has 5 aliphatic rings. The van der Waals surface area contributed by atoms with Gasteiger partial charge in [0.15, 0.2) is 0 Å². The first-order valence-electron chi connectivity index (χ1n) is 11.5. The van der Waals surface area contributed by atoms with Crippen LogP contribution in [0.25, 0.3) is 0 Å². The van der Waals surface area contributed by atoms with E-state index in [4.69, 9.17) is 0 Å². The Balaban J connectivity index is 1.42. The highest BCUT2D eigenvalue weighted by molar-refractivity contribution is 5.12. The molecule has 0 aromatic rings. The Morgan fingerprint density at radius 2 is 0.615 bits per heavy atom. The van der Waals surface area contributed by atoms with E-state index in [9.17, 15) is 0 Å². The summed E-state index contributed by atoms with van der Waals surface area (Å²) in [6, 6.07) is 6.27. The fourth-order valence-electron chi connectivity index (χ4n) is 7.94. The van der Waals surface area contributed by atoms with Gasteiger partial charge in [0.05, 0.1) is 0 Å². The molecule has 0 amide bonds. The average Bonchev–Trinajstić information content (AvgIpc) is 2.69. The maximum atomic E-state index is 2.84. The maximum absolute atomic E-state index is 2.84. The molecule has 26 heavy (non-hydrogen) atoms. The normalized spacial score (nSPS) is 51.2. The maximum Gasteiger partial charge on any atom is 0.0268 e. The lowest BCUT2D eigenvalue weighted by Gasteiger charge is -2.64. The highest BCUT2D eigenvalue weighted by atomic mass is 15.4. The average molecular weight is 361 g/mol. The molecule has 2 heterocycles. The Labute approximate surface area is 160 Å². The summed E-state index contributed by atoms with van der Waals surface area (Å²) in [5.41, 5.74) is 0. The Morgan fingerprint density at radius 1 is 0.385 bits per heavy atom. The summed E-state index contributed by atoms with van der Waals surface area (Å²) < 4.78 is 0. The van der Waals surface area contributed by atoms with Crippen molar-refractivity contribution < 1.29 is 0 Å². The van der Waals surface area contributed by atoms with Crippen LogP contribution in [0.3, 0.4) is 0 Å². The molecule has 148 valence electrons. The smallest absolute Gasteiger partial charge is 0.0268 e. The Hall–Kier alpha value is -0.160. The molecule has 0 aromatic heterocycles. The molecule has 0 aromatic carbocycles. The third-order valence-corrected chi connectivity index (χ3v) is 9.43. The standard InChI is InChI=1S/C22H40N4/c1-23-15-9-5-6-10-16(15)24(2)20-14-22-21(13-19(20)23)25(3)17-11-7-8-12-18(17)26(22)4/h15-22H,5-14H2,1-4H3. The highest BCUT2D eigenvalue weighted by Gasteiger charge is 2.54. The second-order valence-corrected chi connectivity index (χ2v) is 10.2. The van der Waals surface area contributed by atoms with Gasteiger partial charge in [0.25, 0.3) is 0 Å². The lowest BCUT2D eigenvalue weighted by Crippen LogP contribution is -2.75. The molecule has 0 spiro atoms. The molecule has 4 heteroatoms.